The second kappa shape index (κ2) is 6.26. The molecule has 0 fully saturated rings. The Balaban J connectivity index is 2.27. The van der Waals surface area contributed by atoms with Gasteiger partial charge in [0.05, 0.1) is 23.9 Å². The first-order valence-electron chi connectivity index (χ1n) is 5.97. The minimum atomic E-state index is -0.869. The van der Waals surface area contributed by atoms with Gasteiger partial charge in [-0.05, 0) is 24.6 Å². The van der Waals surface area contributed by atoms with Gasteiger partial charge in [-0.1, -0.05) is 23.9 Å². The molecule has 0 spiro atoms. The van der Waals surface area contributed by atoms with Gasteiger partial charge in [-0.15, -0.1) is 0 Å². The molecule has 1 aromatic carbocycles. The van der Waals surface area contributed by atoms with Crippen LogP contribution in [0.3, 0.4) is 0 Å². The quantitative estimate of drug-likeness (QED) is 0.854. The number of carboxylic acid groups (broad SMARTS) is 1. The van der Waals surface area contributed by atoms with E-state index in [2.05, 4.69) is 11.1 Å². The Morgan fingerprint density at radius 2 is 2.15 bits per heavy atom. The Kier molecular flexibility index (Phi) is 4.43. The maximum Gasteiger partial charge on any atom is 0.313 e. The summed E-state index contributed by atoms with van der Waals surface area (Å²) in [5, 5.41) is 18.1. The van der Waals surface area contributed by atoms with Crippen molar-refractivity contribution >= 4 is 17.7 Å². The molecule has 1 aromatic heterocycles. The molecule has 0 radical (unpaired) electrons. The Morgan fingerprint density at radius 3 is 2.75 bits per heavy atom. The molecular weight excluding hydrogens is 274 g/mol. The SMILES string of the molecule is Cc1cn(-c2ccc(CC#N)cc2)c(SCC(=O)O)n1. The monoisotopic (exact) mass is 287 g/mol. The Bertz CT molecular complexity index is 656. The predicted octanol–water partition coefficient (Wildman–Crippen LogP) is 2.42. The number of hydrogen-bond acceptors (Lipinski definition) is 4. The Labute approximate surface area is 120 Å². The molecule has 2 aromatic rings. The van der Waals surface area contributed by atoms with Gasteiger partial charge in [-0.3, -0.25) is 9.36 Å². The normalized spacial score (nSPS) is 10.2. The van der Waals surface area contributed by atoms with E-state index >= 15 is 0 Å². The zero-order valence-electron chi connectivity index (χ0n) is 10.9. The van der Waals surface area contributed by atoms with E-state index in [1.165, 1.54) is 11.8 Å². The van der Waals surface area contributed by atoms with Crippen molar-refractivity contribution in [3.05, 3.63) is 41.7 Å². The smallest absolute Gasteiger partial charge is 0.313 e. The van der Waals surface area contributed by atoms with E-state index in [0.717, 1.165) is 16.9 Å². The standard InChI is InChI=1S/C14H13N3O2S/c1-10-8-17(14(16-10)20-9-13(18)19)12-4-2-11(3-5-12)6-7-15/h2-5,8H,6,9H2,1H3,(H,18,19). The zero-order valence-corrected chi connectivity index (χ0v) is 11.7. The third-order valence-electron chi connectivity index (χ3n) is 2.62. The van der Waals surface area contributed by atoms with Crippen LogP contribution in [0.2, 0.25) is 0 Å². The first kappa shape index (κ1) is 14.2. The van der Waals surface area contributed by atoms with Crippen LogP contribution in [-0.4, -0.2) is 26.4 Å². The zero-order chi connectivity index (χ0) is 14.5. The van der Waals surface area contributed by atoms with Crippen LogP contribution in [0.25, 0.3) is 5.69 Å². The lowest BCUT2D eigenvalue weighted by Gasteiger charge is -2.07. The van der Waals surface area contributed by atoms with Gasteiger partial charge in [0.25, 0.3) is 0 Å². The lowest BCUT2D eigenvalue weighted by molar-refractivity contribution is -0.133. The number of carbonyl (C=O) groups is 1. The maximum absolute atomic E-state index is 10.7. The third-order valence-corrected chi connectivity index (χ3v) is 3.55. The van der Waals surface area contributed by atoms with Crippen molar-refractivity contribution in [1.29, 1.82) is 5.26 Å². The van der Waals surface area contributed by atoms with E-state index in [0.29, 0.717) is 11.6 Å². The highest BCUT2D eigenvalue weighted by molar-refractivity contribution is 7.99. The van der Waals surface area contributed by atoms with Crippen LogP contribution in [0.4, 0.5) is 0 Å². The molecule has 1 heterocycles. The minimum absolute atomic E-state index is 0.0248. The molecule has 6 heteroatoms. The molecule has 0 amide bonds. The summed E-state index contributed by atoms with van der Waals surface area (Å²) in [6.45, 7) is 1.87. The number of aryl methyl sites for hydroxylation is 1. The summed E-state index contributed by atoms with van der Waals surface area (Å²) in [4.78, 5) is 15.0. The van der Waals surface area contributed by atoms with Crippen molar-refractivity contribution in [2.75, 3.05) is 5.75 Å². The minimum Gasteiger partial charge on any atom is -0.481 e. The van der Waals surface area contributed by atoms with Crippen LogP contribution in [0.5, 0.6) is 0 Å². The van der Waals surface area contributed by atoms with Crippen LogP contribution in [0.1, 0.15) is 11.3 Å². The second-order valence-electron chi connectivity index (χ2n) is 4.22. The molecule has 5 nitrogen and oxygen atoms in total. The molecule has 0 aliphatic heterocycles. The van der Waals surface area contributed by atoms with E-state index in [9.17, 15) is 4.79 Å². The fraction of sp³-hybridized carbons (Fsp3) is 0.214. The summed E-state index contributed by atoms with van der Waals surface area (Å²) in [7, 11) is 0. The van der Waals surface area contributed by atoms with Gasteiger partial charge >= 0.3 is 5.97 Å². The molecule has 0 saturated carbocycles. The van der Waals surface area contributed by atoms with Crippen molar-refractivity contribution in [3.63, 3.8) is 0 Å². The van der Waals surface area contributed by atoms with Crippen LogP contribution in [-0.2, 0) is 11.2 Å². The van der Waals surface area contributed by atoms with Crippen molar-refractivity contribution in [2.45, 2.75) is 18.5 Å². The molecule has 2 rings (SSSR count). The third kappa shape index (κ3) is 3.39. The van der Waals surface area contributed by atoms with Gasteiger partial charge in [-0.25, -0.2) is 4.98 Å². The lowest BCUT2D eigenvalue weighted by atomic mass is 10.1. The highest BCUT2D eigenvalue weighted by Gasteiger charge is 2.10. The Morgan fingerprint density at radius 1 is 1.45 bits per heavy atom. The van der Waals surface area contributed by atoms with Crippen molar-refractivity contribution in [1.82, 2.24) is 9.55 Å². The number of imidazole rings is 1. The van der Waals surface area contributed by atoms with Gasteiger partial charge in [0.1, 0.15) is 0 Å². The summed E-state index contributed by atoms with van der Waals surface area (Å²) in [5.74, 6) is -0.894. The van der Waals surface area contributed by atoms with E-state index < -0.39 is 5.97 Å². The molecule has 0 bridgehead atoms. The van der Waals surface area contributed by atoms with E-state index in [-0.39, 0.29) is 5.75 Å². The molecule has 0 unspecified atom stereocenters. The van der Waals surface area contributed by atoms with Crippen molar-refractivity contribution in [3.8, 4) is 11.8 Å². The van der Waals surface area contributed by atoms with Crippen molar-refractivity contribution in [2.24, 2.45) is 0 Å². The summed E-state index contributed by atoms with van der Waals surface area (Å²) < 4.78 is 1.86. The lowest BCUT2D eigenvalue weighted by Crippen LogP contribution is -2.01. The van der Waals surface area contributed by atoms with Gasteiger partial charge in [-0.2, -0.15) is 5.26 Å². The molecule has 0 aliphatic rings. The summed E-state index contributed by atoms with van der Waals surface area (Å²) in [5.41, 5.74) is 2.69. The highest BCUT2D eigenvalue weighted by atomic mass is 32.2. The number of carboxylic acids is 1. The largest absolute Gasteiger partial charge is 0.481 e. The first-order valence-corrected chi connectivity index (χ1v) is 6.95. The fourth-order valence-electron chi connectivity index (χ4n) is 1.75. The van der Waals surface area contributed by atoms with Gasteiger partial charge in [0.15, 0.2) is 5.16 Å². The van der Waals surface area contributed by atoms with Crippen LogP contribution < -0.4 is 0 Å². The number of aromatic nitrogens is 2. The molecule has 0 aliphatic carbocycles. The number of nitriles is 1. The average Bonchev–Trinajstić information content (AvgIpc) is 2.79. The van der Waals surface area contributed by atoms with Crippen LogP contribution in [0.15, 0.2) is 35.6 Å². The summed E-state index contributed by atoms with van der Waals surface area (Å²) >= 11 is 1.19. The molecule has 102 valence electrons. The predicted molar refractivity (Wildman–Crippen MR) is 76.0 cm³/mol. The van der Waals surface area contributed by atoms with Crippen LogP contribution in [0, 0.1) is 18.3 Å². The molecule has 20 heavy (non-hydrogen) atoms. The number of nitrogens with zero attached hydrogens (tertiary/aromatic N) is 3. The van der Waals surface area contributed by atoms with E-state index in [1.54, 1.807) is 0 Å². The maximum atomic E-state index is 10.7. The number of thioether (sulfide) groups is 1. The highest BCUT2D eigenvalue weighted by Crippen LogP contribution is 2.22. The first-order chi connectivity index (χ1) is 9.60. The van der Waals surface area contributed by atoms with Crippen LogP contribution >= 0.6 is 11.8 Å². The fourth-order valence-corrected chi connectivity index (χ4v) is 2.51. The van der Waals surface area contributed by atoms with Gasteiger partial charge in [0.2, 0.25) is 0 Å². The molecule has 0 saturated heterocycles. The van der Waals surface area contributed by atoms with Gasteiger partial charge in [0, 0.05) is 11.9 Å². The number of aliphatic carboxylic acids is 1. The average molecular weight is 287 g/mol. The number of benzene rings is 1. The van der Waals surface area contributed by atoms with E-state index in [1.807, 2.05) is 42.0 Å². The summed E-state index contributed by atoms with van der Waals surface area (Å²) in [6.07, 6.45) is 2.24. The molecule has 0 atom stereocenters. The topological polar surface area (TPSA) is 78.9 Å². The summed E-state index contributed by atoms with van der Waals surface area (Å²) in [6, 6.07) is 9.68. The number of rotatable bonds is 5. The number of hydrogen-bond donors (Lipinski definition) is 1. The van der Waals surface area contributed by atoms with Crippen molar-refractivity contribution < 1.29 is 9.90 Å². The molecule has 1 N–H and O–H groups in total. The Hall–Kier alpha value is -2.26. The van der Waals surface area contributed by atoms with Gasteiger partial charge < -0.3 is 5.11 Å². The second-order valence-corrected chi connectivity index (χ2v) is 5.16. The molecular formula is C14H13N3O2S. The van der Waals surface area contributed by atoms with E-state index in [4.69, 9.17) is 10.4 Å².